The highest BCUT2D eigenvalue weighted by atomic mass is 32.1. The first-order chi connectivity index (χ1) is 10.9. The molecule has 3 rings (SSSR count). The zero-order chi connectivity index (χ0) is 16.6. The van der Waals surface area contributed by atoms with E-state index in [9.17, 15) is 4.79 Å². The van der Waals surface area contributed by atoms with Gasteiger partial charge >= 0.3 is 0 Å². The van der Waals surface area contributed by atoms with Crippen molar-refractivity contribution in [1.29, 1.82) is 0 Å². The fourth-order valence-electron chi connectivity index (χ4n) is 3.89. The molecule has 0 unspecified atom stereocenters. The third kappa shape index (κ3) is 3.49. The lowest BCUT2D eigenvalue weighted by Crippen LogP contribution is -2.47. The van der Waals surface area contributed by atoms with E-state index in [1.165, 1.54) is 25.7 Å². The van der Waals surface area contributed by atoms with Crippen LogP contribution >= 0.6 is 12.2 Å². The second-order valence-electron chi connectivity index (χ2n) is 6.94. The Balaban J connectivity index is 1.49. The normalized spacial score (nSPS) is 25.4. The number of aromatic nitrogens is 2. The number of aromatic amines is 1. The van der Waals surface area contributed by atoms with Crippen molar-refractivity contribution in [3.8, 4) is 0 Å². The van der Waals surface area contributed by atoms with E-state index >= 15 is 0 Å². The third-order valence-corrected chi connectivity index (χ3v) is 5.60. The van der Waals surface area contributed by atoms with Crippen LogP contribution in [0, 0.1) is 25.7 Å². The number of nitrogens with zero attached hydrogens (tertiary/aromatic N) is 2. The number of amides is 1. The highest BCUT2D eigenvalue weighted by Crippen LogP contribution is 2.44. The number of carbonyl (C=O) groups excluding carboxylic acids is 1. The largest absolute Gasteiger partial charge is 0.360 e. The smallest absolute Gasteiger partial charge is 0.244 e. The van der Waals surface area contributed by atoms with E-state index in [4.69, 9.17) is 12.2 Å². The van der Waals surface area contributed by atoms with Crippen molar-refractivity contribution in [2.75, 3.05) is 18.9 Å². The molecule has 3 N–H and O–H groups in total. The number of rotatable bonds is 4. The number of fused-ring (bicyclic) bond motifs is 2. The van der Waals surface area contributed by atoms with Crippen LogP contribution in [0.15, 0.2) is 0 Å². The Morgan fingerprint density at radius 3 is 2.74 bits per heavy atom. The van der Waals surface area contributed by atoms with Gasteiger partial charge in [0, 0.05) is 13.1 Å². The van der Waals surface area contributed by atoms with Crippen molar-refractivity contribution in [2.24, 2.45) is 11.8 Å². The molecule has 2 saturated carbocycles. The topological polar surface area (TPSA) is 73.0 Å². The van der Waals surface area contributed by atoms with E-state index in [1.54, 1.807) is 4.90 Å². The fraction of sp³-hybridized carbons (Fsp3) is 0.688. The minimum atomic E-state index is -0.0859. The average molecular weight is 335 g/mol. The standard InChI is InChI=1S/C16H25N5OS/c1-9-15(10(2)20-19-9)18-14(22)8-21(3)16(23)17-13-7-11-4-5-12(13)6-11/h11-13H,4-8H2,1-3H3,(H,17,23)(H,18,22)(H,19,20)/t11-,12-,13+/m0/s1. The van der Waals surface area contributed by atoms with Gasteiger partial charge in [0.2, 0.25) is 5.91 Å². The summed E-state index contributed by atoms with van der Waals surface area (Å²) in [4.78, 5) is 14.0. The number of nitrogens with one attached hydrogen (secondary N) is 3. The maximum atomic E-state index is 12.2. The number of aryl methyl sites for hydroxylation is 2. The quantitative estimate of drug-likeness (QED) is 0.734. The number of hydrogen-bond acceptors (Lipinski definition) is 3. The summed E-state index contributed by atoms with van der Waals surface area (Å²) in [6, 6.07) is 0.491. The van der Waals surface area contributed by atoms with Crippen molar-refractivity contribution in [2.45, 2.75) is 45.6 Å². The van der Waals surface area contributed by atoms with Gasteiger partial charge in [-0.3, -0.25) is 9.89 Å². The molecule has 6 nitrogen and oxygen atoms in total. The van der Waals surface area contributed by atoms with E-state index in [-0.39, 0.29) is 12.5 Å². The molecule has 1 amide bonds. The van der Waals surface area contributed by atoms with Gasteiger partial charge in [-0.25, -0.2) is 0 Å². The van der Waals surface area contributed by atoms with Gasteiger partial charge in [0.05, 0.1) is 23.6 Å². The molecule has 1 aromatic heterocycles. The monoisotopic (exact) mass is 335 g/mol. The predicted molar refractivity (Wildman–Crippen MR) is 94.3 cm³/mol. The number of thiocarbonyl (C=S) groups is 1. The van der Waals surface area contributed by atoms with Crippen molar-refractivity contribution in [3.63, 3.8) is 0 Å². The van der Waals surface area contributed by atoms with Gasteiger partial charge in [-0.05, 0) is 57.2 Å². The van der Waals surface area contributed by atoms with Crippen LogP contribution < -0.4 is 10.6 Å². The molecule has 2 aliphatic rings. The molecule has 0 aliphatic heterocycles. The molecule has 0 aromatic carbocycles. The van der Waals surface area contributed by atoms with Crippen LogP contribution in [-0.2, 0) is 4.79 Å². The van der Waals surface area contributed by atoms with Gasteiger partial charge in [-0.1, -0.05) is 6.42 Å². The summed E-state index contributed by atoms with van der Waals surface area (Å²) in [5.74, 6) is 1.55. The number of anilines is 1. The highest BCUT2D eigenvalue weighted by molar-refractivity contribution is 7.80. The Hall–Kier alpha value is -1.63. The Morgan fingerprint density at radius 2 is 2.17 bits per heavy atom. The lowest BCUT2D eigenvalue weighted by molar-refractivity contribution is -0.116. The zero-order valence-electron chi connectivity index (χ0n) is 14.0. The predicted octanol–water partition coefficient (Wildman–Crippen LogP) is 1.96. The molecule has 126 valence electrons. The zero-order valence-corrected chi connectivity index (χ0v) is 14.8. The molecule has 0 radical (unpaired) electrons. The van der Waals surface area contributed by atoms with Gasteiger partial charge in [-0.2, -0.15) is 5.10 Å². The molecule has 2 bridgehead atoms. The first kappa shape index (κ1) is 16.2. The summed E-state index contributed by atoms with van der Waals surface area (Å²) in [5.41, 5.74) is 2.41. The minimum Gasteiger partial charge on any atom is -0.360 e. The Kier molecular flexibility index (Phi) is 4.57. The summed E-state index contributed by atoms with van der Waals surface area (Å²) < 4.78 is 0. The van der Waals surface area contributed by atoms with Crippen molar-refractivity contribution >= 4 is 28.9 Å². The molecular weight excluding hydrogens is 310 g/mol. The summed E-state index contributed by atoms with van der Waals surface area (Å²) in [6.07, 6.45) is 5.24. The molecular formula is C16H25N5OS. The number of likely N-dealkylation sites (N-methyl/N-ethyl adjacent to an activating group) is 1. The Bertz CT molecular complexity index is 594. The number of H-pyrrole nitrogens is 1. The van der Waals surface area contributed by atoms with Crippen LogP contribution in [0.3, 0.4) is 0 Å². The third-order valence-electron chi connectivity index (χ3n) is 5.17. The molecule has 23 heavy (non-hydrogen) atoms. The van der Waals surface area contributed by atoms with Crippen molar-refractivity contribution in [1.82, 2.24) is 20.4 Å². The molecule has 0 saturated heterocycles. The van der Waals surface area contributed by atoms with E-state index < -0.39 is 0 Å². The summed E-state index contributed by atoms with van der Waals surface area (Å²) in [5, 5.41) is 14.0. The fourth-order valence-corrected chi connectivity index (χ4v) is 4.11. The summed E-state index contributed by atoms with van der Waals surface area (Å²) in [7, 11) is 1.86. The molecule has 7 heteroatoms. The molecule has 0 spiro atoms. The SMILES string of the molecule is Cc1n[nH]c(C)c1NC(=O)CN(C)C(=S)N[C@@H]1C[C@H]2CC[C@H]1C2. The minimum absolute atomic E-state index is 0.0859. The molecule has 1 aromatic rings. The highest BCUT2D eigenvalue weighted by Gasteiger charge is 2.39. The van der Waals surface area contributed by atoms with Crippen LogP contribution in [0.4, 0.5) is 5.69 Å². The first-order valence-electron chi connectivity index (χ1n) is 8.27. The number of hydrogen-bond donors (Lipinski definition) is 3. The number of carbonyl (C=O) groups is 1. The maximum Gasteiger partial charge on any atom is 0.244 e. The van der Waals surface area contributed by atoms with E-state index in [2.05, 4.69) is 20.8 Å². The Morgan fingerprint density at radius 1 is 1.39 bits per heavy atom. The molecule has 2 fully saturated rings. The Labute approximate surface area is 142 Å². The second-order valence-corrected chi connectivity index (χ2v) is 7.33. The van der Waals surface area contributed by atoms with Crippen LogP contribution in [-0.4, -0.2) is 45.8 Å². The van der Waals surface area contributed by atoms with Gasteiger partial charge in [0.15, 0.2) is 5.11 Å². The molecule has 3 atom stereocenters. The average Bonchev–Trinajstić information content (AvgIpc) is 3.19. The van der Waals surface area contributed by atoms with Crippen LogP contribution in [0.25, 0.3) is 0 Å². The van der Waals surface area contributed by atoms with Crippen LogP contribution in [0.5, 0.6) is 0 Å². The first-order valence-corrected chi connectivity index (χ1v) is 8.68. The lowest BCUT2D eigenvalue weighted by atomic mass is 9.95. The van der Waals surface area contributed by atoms with E-state index in [1.807, 2.05) is 20.9 Å². The van der Waals surface area contributed by atoms with E-state index in [0.29, 0.717) is 11.2 Å². The second kappa shape index (κ2) is 6.47. The van der Waals surface area contributed by atoms with Gasteiger partial charge in [-0.15, -0.1) is 0 Å². The molecule has 2 aliphatic carbocycles. The van der Waals surface area contributed by atoms with Gasteiger partial charge in [0.25, 0.3) is 0 Å². The van der Waals surface area contributed by atoms with Gasteiger partial charge < -0.3 is 15.5 Å². The summed E-state index contributed by atoms with van der Waals surface area (Å²) >= 11 is 5.46. The lowest BCUT2D eigenvalue weighted by Gasteiger charge is -2.28. The molecule has 1 heterocycles. The van der Waals surface area contributed by atoms with Crippen molar-refractivity contribution < 1.29 is 4.79 Å². The van der Waals surface area contributed by atoms with Crippen molar-refractivity contribution in [3.05, 3.63) is 11.4 Å². The van der Waals surface area contributed by atoms with E-state index in [0.717, 1.165) is 28.9 Å². The van der Waals surface area contributed by atoms with Crippen LogP contribution in [0.1, 0.15) is 37.1 Å². The maximum absolute atomic E-state index is 12.2. The van der Waals surface area contributed by atoms with Gasteiger partial charge in [0.1, 0.15) is 0 Å². The summed E-state index contributed by atoms with van der Waals surface area (Å²) in [6.45, 7) is 3.99. The van der Waals surface area contributed by atoms with Crippen LogP contribution in [0.2, 0.25) is 0 Å².